The zero-order valence-corrected chi connectivity index (χ0v) is 19.2. The lowest BCUT2D eigenvalue weighted by Gasteiger charge is -2.08. The van der Waals surface area contributed by atoms with Gasteiger partial charge in [0.15, 0.2) is 15.6 Å². The summed E-state index contributed by atoms with van der Waals surface area (Å²) in [4.78, 5) is 24.3. The Morgan fingerprint density at radius 3 is 2.27 bits per heavy atom. The van der Waals surface area contributed by atoms with Crippen LogP contribution in [0.4, 0.5) is 5.69 Å². The van der Waals surface area contributed by atoms with Crippen molar-refractivity contribution in [1.82, 2.24) is 4.57 Å². The number of nitrogens with zero attached hydrogens (tertiary/aromatic N) is 1. The highest BCUT2D eigenvalue weighted by atomic mass is 32.2. The summed E-state index contributed by atoms with van der Waals surface area (Å²) in [5.74, 6) is -0.456. The molecule has 168 valence electrons. The largest absolute Gasteiger partial charge is 0.337 e. The highest BCUT2D eigenvalue weighted by Crippen LogP contribution is 2.28. The Kier molecular flexibility index (Phi) is 6.16. The average Bonchev–Trinajstić information content (AvgIpc) is 3.15. The number of carbonyl (C=O) groups is 2. The number of aryl methyl sites for hydroxylation is 1. The van der Waals surface area contributed by atoms with E-state index in [1.54, 1.807) is 47.0 Å². The van der Waals surface area contributed by atoms with E-state index in [9.17, 15) is 18.0 Å². The maximum Gasteiger partial charge on any atom is 0.244 e. The van der Waals surface area contributed by atoms with E-state index in [1.165, 1.54) is 13.1 Å². The second kappa shape index (κ2) is 9.03. The van der Waals surface area contributed by atoms with Crippen molar-refractivity contribution in [1.29, 1.82) is 0 Å². The SMILES string of the molecule is CC(=O)c1ccc(NC(=O)Cn2cc(S(=O)(=O)Cc3ccccc3C)c3ccccc32)cc1. The van der Waals surface area contributed by atoms with Crippen molar-refractivity contribution in [2.45, 2.75) is 31.0 Å². The summed E-state index contributed by atoms with van der Waals surface area (Å²) >= 11 is 0. The van der Waals surface area contributed by atoms with Gasteiger partial charge in [-0.3, -0.25) is 9.59 Å². The van der Waals surface area contributed by atoms with E-state index in [2.05, 4.69) is 5.32 Å². The van der Waals surface area contributed by atoms with Crippen molar-refractivity contribution in [3.05, 3.63) is 95.7 Å². The summed E-state index contributed by atoms with van der Waals surface area (Å²) in [5.41, 5.74) is 3.46. The van der Waals surface area contributed by atoms with Gasteiger partial charge < -0.3 is 9.88 Å². The first-order valence-electron chi connectivity index (χ1n) is 10.5. The van der Waals surface area contributed by atoms with Crippen molar-refractivity contribution in [3.63, 3.8) is 0 Å². The summed E-state index contributed by atoms with van der Waals surface area (Å²) in [6.07, 6.45) is 1.54. The number of ketones is 1. The van der Waals surface area contributed by atoms with Crippen LogP contribution >= 0.6 is 0 Å². The summed E-state index contributed by atoms with van der Waals surface area (Å²) in [5, 5.41) is 3.38. The van der Waals surface area contributed by atoms with Crippen LogP contribution < -0.4 is 5.32 Å². The van der Waals surface area contributed by atoms with Crippen LogP contribution in [-0.4, -0.2) is 24.7 Å². The molecule has 4 aromatic rings. The van der Waals surface area contributed by atoms with E-state index in [0.29, 0.717) is 22.2 Å². The number of anilines is 1. The van der Waals surface area contributed by atoms with Gasteiger partial charge >= 0.3 is 0 Å². The van der Waals surface area contributed by atoms with Crippen LogP contribution in [0.1, 0.15) is 28.4 Å². The summed E-state index contributed by atoms with van der Waals surface area (Å²) in [6, 6.07) is 21.2. The number of benzene rings is 3. The molecule has 0 bridgehead atoms. The molecular weight excluding hydrogens is 436 g/mol. The molecule has 0 aliphatic heterocycles. The summed E-state index contributed by atoms with van der Waals surface area (Å²) < 4.78 is 28.3. The molecule has 0 radical (unpaired) electrons. The molecule has 0 aliphatic carbocycles. The van der Waals surface area contributed by atoms with Crippen LogP contribution in [0.3, 0.4) is 0 Å². The molecule has 0 saturated heterocycles. The van der Waals surface area contributed by atoms with Crippen LogP contribution in [0.2, 0.25) is 0 Å². The number of amides is 1. The second-order valence-electron chi connectivity index (χ2n) is 8.01. The molecule has 7 heteroatoms. The molecule has 0 atom stereocenters. The number of para-hydroxylation sites is 1. The topological polar surface area (TPSA) is 85.2 Å². The van der Waals surface area contributed by atoms with Gasteiger partial charge in [-0.25, -0.2) is 8.42 Å². The zero-order valence-electron chi connectivity index (χ0n) is 18.4. The lowest BCUT2D eigenvalue weighted by molar-refractivity contribution is -0.116. The van der Waals surface area contributed by atoms with Crippen LogP contribution in [0.15, 0.2) is 83.9 Å². The van der Waals surface area contributed by atoms with Crippen molar-refractivity contribution in [3.8, 4) is 0 Å². The average molecular weight is 461 g/mol. The monoisotopic (exact) mass is 460 g/mol. The van der Waals surface area contributed by atoms with Crippen LogP contribution in [0.25, 0.3) is 10.9 Å². The number of fused-ring (bicyclic) bond motifs is 1. The molecule has 4 rings (SSSR count). The molecule has 0 fully saturated rings. The van der Waals surface area contributed by atoms with E-state index >= 15 is 0 Å². The molecule has 0 saturated carbocycles. The highest BCUT2D eigenvalue weighted by molar-refractivity contribution is 7.90. The Morgan fingerprint density at radius 2 is 1.58 bits per heavy atom. The molecule has 0 spiro atoms. The van der Waals surface area contributed by atoms with Crippen LogP contribution in [0.5, 0.6) is 0 Å². The molecule has 6 nitrogen and oxygen atoms in total. The molecule has 1 aromatic heterocycles. The van der Waals surface area contributed by atoms with Crippen molar-refractivity contribution in [2.75, 3.05) is 5.32 Å². The molecule has 0 unspecified atom stereocenters. The predicted molar refractivity (Wildman–Crippen MR) is 129 cm³/mol. The molecule has 0 aliphatic rings. The minimum absolute atomic E-state index is 0.0468. The fourth-order valence-corrected chi connectivity index (χ4v) is 5.47. The number of nitrogens with one attached hydrogen (secondary N) is 1. The molecular formula is C26H24N2O4S. The number of aromatic nitrogens is 1. The van der Waals surface area contributed by atoms with Gasteiger partial charge in [0.1, 0.15) is 6.54 Å². The van der Waals surface area contributed by atoms with E-state index in [0.717, 1.165) is 11.1 Å². The van der Waals surface area contributed by atoms with Gasteiger partial charge in [-0.15, -0.1) is 0 Å². The third kappa shape index (κ3) is 4.88. The van der Waals surface area contributed by atoms with E-state index in [1.807, 2.05) is 37.3 Å². The molecule has 1 heterocycles. The summed E-state index contributed by atoms with van der Waals surface area (Å²) in [7, 11) is -3.63. The number of rotatable bonds is 7. The fourth-order valence-electron chi connectivity index (χ4n) is 3.79. The number of sulfone groups is 1. The second-order valence-corrected chi connectivity index (χ2v) is 9.96. The van der Waals surface area contributed by atoms with Crippen molar-refractivity contribution < 1.29 is 18.0 Å². The first-order chi connectivity index (χ1) is 15.7. The van der Waals surface area contributed by atoms with Gasteiger partial charge in [-0.2, -0.15) is 0 Å². The lowest BCUT2D eigenvalue weighted by atomic mass is 10.1. The van der Waals surface area contributed by atoms with Crippen LogP contribution in [0, 0.1) is 6.92 Å². The number of hydrogen-bond donors (Lipinski definition) is 1. The maximum absolute atomic E-state index is 13.3. The Morgan fingerprint density at radius 1 is 0.909 bits per heavy atom. The normalized spacial score (nSPS) is 11.5. The third-order valence-corrected chi connectivity index (χ3v) is 7.27. The quantitative estimate of drug-likeness (QED) is 0.403. The number of carbonyl (C=O) groups excluding carboxylic acids is 2. The molecule has 1 N–H and O–H groups in total. The summed E-state index contributed by atoms with van der Waals surface area (Å²) in [6.45, 7) is 3.33. The standard InChI is InChI=1S/C26H24N2O4S/c1-18-7-3-4-8-21(18)17-33(31,32)25-15-28(24-10-6-5-9-23(24)25)16-26(30)27-22-13-11-20(12-14-22)19(2)29/h3-15H,16-17H2,1-2H3,(H,27,30). The Bertz CT molecular complexity index is 1450. The molecule has 3 aromatic carbocycles. The van der Waals surface area contributed by atoms with E-state index < -0.39 is 9.84 Å². The predicted octanol–water partition coefficient (Wildman–Crippen LogP) is 4.76. The van der Waals surface area contributed by atoms with Crippen molar-refractivity contribution >= 4 is 38.1 Å². The molecule has 33 heavy (non-hydrogen) atoms. The minimum Gasteiger partial charge on any atom is -0.337 e. The van der Waals surface area contributed by atoms with Gasteiger partial charge in [0, 0.05) is 28.4 Å². The minimum atomic E-state index is -3.63. The van der Waals surface area contributed by atoms with Crippen molar-refractivity contribution in [2.24, 2.45) is 0 Å². The first kappa shape index (κ1) is 22.5. The fraction of sp³-hybridized carbons (Fsp3) is 0.154. The maximum atomic E-state index is 13.3. The van der Waals surface area contributed by atoms with Gasteiger partial charge in [0.2, 0.25) is 5.91 Å². The van der Waals surface area contributed by atoms with Gasteiger partial charge in [0.25, 0.3) is 0 Å². The van der Waals surface area contributed by atoms with Gasteiger partial charge in [-0.1, -0.05) is 42.5 Å². The Balaban J connectivity index is 1.61. The first-order valence-corrected chi connectivity index (χ1v) is 12.2. The zero-order chi connectivity index (χ0) is 23.6. The highest BCUT2D eigenvalue weighted by Gasteiger charge is 2.23. The van der Waals surface area contributed by atoms with E-state index in [-0.39, 0.29) is 28.9 Å². The molecule has 1 amide bonds. The Labute approximate surface area is 192 Å². The number of hydrogen-bond acceptors (Lipinski definition) is 4. The smallest absolute Gasteiger partial charge is 0.244 e. The van der Waals surface area contributed by atoms with E-state index in [4.69, 9.17) is 0 Å². The van der Waals surface area contributed by atoms with Crippen LogP contribution in [-0.2, 0) is 26.9 Å². The third-order valence-electron chi connectivity index (χ3n) is 5.58. The van der Waals surface area contributed by atoms with Gasteiger partial charge in [0.05, 0.1) is 10.6 Å². The Hall–Kier alpha value is -3.71. The van der Waals surface area contributed by atoms with Gasteiger partial charge in [-0.05, 0) is 55.3 Å². The lowest BCUT2D eigenvalue weighted by Crippen LogP contribution is -2.18. The number of Topliss-reactive ketones (excluding diaryl/α,β-unsaturated/α-hetero) is 1.